The van der Waals surface area contributed by atoms with Crippen LogP contribution in [0.2, 0.25) is 0 Å². The van der Waals surface area contributed by atoms with Crippen molar-refractivity contribution in [3.63, 3.8) is 0 Å². The summed E-state index contributed by atoms with van der Waals surface area (Å²) in [4.78, 5) is 27.0. The van der Waals surface area contributed by atoms with Crippen LogP contribution in [0.5, 0.6) is 0 Å². The summed E-state index contributed by atoms with van der Waals surface area (Å²) in [5, 5.41) is 27.5. The largest absolute Gasteiger partial charge is 0.288 e. The summed E-state index contributed by atoms with van der Waals surface area (Å²) in [6.07, 6.45) is 1.61. The first kappa shape index (κ1) is 25.9. The molecule has 2 radical (unpaired) electrons. The van der Waals surface area contributed by atoms with Crippen molar-refractivity contribution in [1.29, 1.82) is 0 Å². The maximum atomic E-state index is 13.5. The van der Waals surface area contributed by atoms with E-state index in [9.17, 15) is 20.0 Å². The number of halogens is 2. The molecule has 178 valence electrons. The number of rotatable bonds is 2. The van der Waals surface area contributed by atoms with E-state index < -0.39 is 33.7 Å². The Morgan fingerprint density at radius 2 is 0.812 bits per heavy atom. The highest BCUT2D eigenvalue weighted by atomic mass is 35.5. The minimum absolute atomic E-state index is 0.0921. The number of allylic oxidation sites excluding steroid dienone is 4. The summed E-state index contributed by atoms with van der Waals surface area (Å²) in [6.45, 7) is 14.7. The maximum absolute atomic E-state index is 13.5. The van der Waals surface area contributed by atoms with Crippen molar-refractivity contribution in [1.82, 2.24) is 10.1 Å². The molecule has 0 bridgehead atoms. The van der Waals surface area contributed by atoms with Gasteiger partial charge in [0.25, 0.3) is 0 Å². The van der Waals surface area contributed by atoms with E-state index >= 15 is 0 Å². The maximum Gasteiger partial charge on any atom is 0.202 e. The lowest BCUT2D eigenvalue weighted by Gasteiger charge is -2.51. The Labute approximate surface area is 201 Å². The van der Waals surface area contributed by atoms with Gasteiger partial charge in [0.05, 0.1) is 10.1 Å². The zero-order valence-corrected chi connectivity index (χ0v) is 21.8. The molecule has 2 fully saturated rings. The number of hydrogen-bond acceptors (Lipinski definition) is 4. The number of hydrogen-bond donors (Lipinski definition) is 0. The molecule has 0 saturated carbocycles. The second-order valence-electron chi connectivity index (χ2n) is 12.2. The Bertz CT molecular complexity index is 807. The van der Waals surface area contributed by atoms with Gasteiger partial charge in [0.15, 0.2) is 0 Å². The average Bonchev–Trinajstić information content (AvgIpc) is 2.62. The van der Waals surface area contributed by atoms with Crippen molar-refractivity contribution in [2.45, 2.75) is 103 Å². The van der Waals surface area contributed by atoms with Crippen LogP contribution >= 0.6 is 23.2 Å². The molecule has 2 aliphatic heterocycles. The Morgan fingerprint density at radius 3 is 1.03 bits per heavy atom. The molecule has 0 aromatic heterocycles. The summed E-state index contributed by atoms with van der Waals surface area (Å²) in [5.74, 6) is -1.55. The predicted molar refractivity (Wildman–Crippen MR) is 123 cm³/mol. The molecule has 0 N–H and O–H groups in total. The summed E-state index contributed by atoms with van der Waals surface area (Å²) in [5.41, 5.74) is -2.42. The zero-order valence-electron chi connectivity index (χ0n) is 20.3. The molecule has 0 unspecified atom stereocenters. The van der Waals surface area contributed by atoms with E-state index in [1.165, 1.54) is 0 Å². The fourth-order valence-electron chi connectivity index (χ4n) is 6.34. The number of hydroxylamine groups is 4. The molecule has 0 spiro atoms. The standard InChI is InChI=1S/C24H34Cl2N2O4/c1-21(2)9-13(10-22(3,4)27(21)31)15-17(25)20(30)16(18(26)19(15)29)14-11-23(5,6)28(32)24(7,8)12-14/h13-14H,9-12H2,1-8H3. The van der Waals surface area contributed by atoms with Gasteiger partial charge in [-0.25, -0.2) is 0 Å². The molecular weight excluding hydrogens is 451 g/mol. The SMILES string of the molecule is CC1(C)CC(C2=C(Cl)C(=O)C(C3CC(C)(C)N([O])C(C)(C)C3)=C(Cl)C2=O)CC(C)(C)N1[O]. The highest BCUT2D eigenvalue weighted by Gasteiger charge is 2.52. The van der Waals surface area contributed by atoms with E-state index in [0.717, 1.165) is 10.1 Å². The van der Waals surface area contributed by atoms with Crippen LogP contribution in [-0.2, 0) is 20.0 Å². The van der Waals surface area contributed by atoms with Crippen molar-refractivity contribution < 1.29 is 20.0 Å². The fourth-order valence-corrected chi connectivity index (χ4v) is 7.03. The van der Waals surface area contributed by atoms with Crippen LogP contribution in [0.1, 0.15) is 81.1 Å². The molecule has 3 rings (SSSR count). The van der Waals surface area contributed by atoms with Crippen LogP contribution in [0.4, 0.5) is 0 Å². The predicted octanol–water partition coefficient (Wildman–Crippen LogP) is 5.35. The molecule has 0 aromatic rings. The van der Waals surface area contributed by atoms with Crippen molar-refractivity contribution >= 4 is 34.8 Å². The molecule has 0 amide bonds. The molecule has 0 atom stereocenters. The van der Waals surface area contributed by atoms with Gasteiger partial charge >= 0.3 is 0 Å². The van der Waals surface area contributed by atoms with E-state index in [1.54, 1.807) is 0 Å². The highest BCUT2D eigenvalue weighted by Crippen LogP contribution is 2.50. The number of carbonyl (C=O) groups is 2. The normalized spacial score (nSPS) is 29.8. The van der Waals surface area contributed by atoms with Gasteiger partial charge < -0.3 is 0 Å². The van der Waals surface area contributed by atoms with Gasteiger partial charge in [-0.05, 0) is 92.9 Å². The molecule has 2 saturated heterocycles. The molecule has 6 nitrogen and oxygen atoms in total. The van der Waals surface area contributed by atoms with Crippen LogP contribution in [0, 0.1) is 11.8 Å². The van der Waals surface area contributed by atoms with Gasteiger partial charge in [-0.3, -0.25) is 9.59 Å². The Balaban J connectivity index is 2.00. The van der Waals surface area contributed by atoms with Crippen molar-refractivity contribution in [2.75, 3.05) is 0 Å². The van der Waals surface area contributed by atoms with Gasteiger partial charge in [-0.2, -0.15) is 0 Å². The van der Waals surface area contributed by atoms with Crippen LogP contribution < -0.4 is 0 Å². The third kappa shape index (κ3) is 4.12. The first-order valence-electron chi connectivity index (χ1n) is 11.2. The molecule has 1 aliphatic carbocycles. The lowest BCUT2D eigenvalue weighted by Crippen LogP contribution is -2.59. The number of carbonyl (C=O) groups excluding carboxylic acids is 2. The number of nitrogens with zero attached hydrogens (tertiary/aromatic N) is 2. The summed E-state index contributed by atoms with van der Waals surface area (Å²) in [6, 6.07) is 0. The van der Waals surface area contributed by atoms with E-state index in [0.29, 0.717) is 25.7 Å². The molecule has 3 aliphatic rings. The lowest BCUT2D eigenvalue weighted by atomic mass is 9.67. The molecule has 0 aromatic carbocycles. The first-order chi connectivity index (χ1) is 14.3. The third-order valence-corrected chi connectivity index (χ3v) is 8.11. The van der Waals surface area contributed by atoms with Gasteiger partial charge in [0, 0.05) is 33.3 Å². The second kappa shape index (κ2) is 7.89. The summed E-state index contributed by atoms with van der Waals surface area (Å²) >= 11 is 13.2. The zero-order chi connectivity index (χ0) is 24.6. The minimum atomic E-state index is -0.717. The third-order valence-electron chi connectivity index (χ3n) is 7.36. The van der Waals surface area contributed by atoms with Crippen LogP contribution in [-0.4, -0.2) is 43.8 Å². The lowest BCUT2D eigenvalue weighted by molar-refractivity contribution is -0.292. The van der Waals surface area contributed by atoms with Crippen molar-refractivity contribution in [3.8, 4) is 0 Å². The first-order valence-corrected chi connectivity index (χ1v) is 11.9. The number of piperidine rings is 2. The van der Waals surface area contributed by atoms with E-state index in [2.05, 4.69) is 0 Å². The molecule has 32 heavy (non-hydrogen) atoms. The Hall–Kier alpha value is -0.760. The topological polar surface area (TPSA) is 80.4 Å². The number of Topliss-reactive ketones (excluding diaryl/α,β-unsaturated/α-hetero) is 2. The van der Waals surface area contributed by atoms with Crippen LogP contribution in [0.25, 0.3) is 0 Å². The van der Waals surface area contributed by atoms with Gasteiger partial charge in [0.2, 0.25) is 11.6 Å². The van der Waals surface area contributed by atoms with Crippen molar-refractivity contribution in [3.05, 3.63) is 21.2 Å². The average molecular weight is 485 g/mol. The Kier molecular flexibility index (Phi) is 6.38. The summed E-state index contributed by atoms with van der Waals surface area (Å²) in [7, 11) is 0. The number of ketones is 2. The minimum Gasteiger partial charge on any atom is -0.288 e. The van der Waals surface area contributed by atoms with Crippen molar-refractivity contribution in [2.24, 2.45) is 11.8 Å². The van der Waals surface area contributed by atoms with E-state index in [1.807, 2.05) is 55.4 Å². The second-order valence-corrected chi connectivity index (χ2v) is 12.9. The van der Waals surface area contributed by atoms with Gasteiger partial charge in [-0.15, -0.1) is 20.5 Å². The van der Waals surface area contributed by atoms with Gasteiger partial charge in [0.1, 0.15) is 0 Å². The van der Waals surface area contributed by atoms with E-state index in [4.69, 9.17) is 23.2 Å². The highest BCUT2D eigenvalue weighted by molar-refractivity contribution is 6.56. The van der Waals surface area contributed by atoms with Gasteiger partial charge in [-0.1, -0.05) is 23.2 Å². The smallest absolute Gasteiger partial charge is 0.202 e. The fraction of sp³-hybridized carbons (Fsp3) is 0.750. The van der Waals surface area contributed by atoms with Crippen LogP contribution in [0.15, 0.2) is 21.2 Å². The molecular formula is C24H34Cl2N2O4. The summed E-state index contributed by atoms with van der Waals surface area (Å²) < 4.78 is 0. The molecule has 8 heteroatoms. The van der Waals surface area contributed by atoms with E-state index in [-0.39, 0.29) is 33.0 Å². The van der Waals surface area contributed by atoms with Crippen LogP contribution in [0.3, 0.4) is 0 Å². The Morgan fingerprint density at radius 1 is 0.594 bits per heavy atom. The molecule has 2 heterocycles. The quantitative estimate of drug-likeness (QED) is 0.494. The monoisotopic (exact) mass is 484 g/mol.